The van der Waals surface area contributed by atoms with E-state index in [0.29, 0.717) is 24.2 Å². The Bertz CT molecular complexity index is 2780. The van der Waals surface area contributed by atoms with Gasteiger partial charge in [0.25, 0.3) is 23.6 Å². The first kappa shape index (κ1) is 66.1. The minimum atomic E-state index is -3.69. The largest absolute Gasteiger partial charge is 0.451 e. The molecule has 2 fully saturated rings. The van der Waals surface area contributed by atoms with Crippen LogP contribution in [0.3, 0.4) is 0 Å². The number of amides is 4. The van der Waals surface area contributed by atoms with E-state index in [1.165, 1.54) is 63.4 Å². The lowest BCUT2D eigenvalue weighted by atomic mass is 9.99. The van der Waals surface area contributed by atoms with Gasteiger partial charge in [-0.05, 0) is 92.7 Å². The lowest BCUT2D eigenvalue weighted by Crippen LogP contribution is -2.55. The summed E-state index contributed by atoms with van der Waals surface area (Å²) in [7, 11) is 1.80. The molecule has 2 aromatic carbocycles. The highest BCUT2D eigenvalue weighted by Crippen LogP contribution is 2.26. The molecule has 0 spiro atoms. The third kappa shape index (κ3) is 17.7. The number of benzene rings is 2. The molecule has 5 rings (SSSR count). The van der Waals surface area contributed by atoms with Crippen LogP contribution in [0.4, 0.5) is 0 Å². The molecule has 3 heterocycles. The Kier molecular flexibility index (Phi) is 23.8. The summed E-state index contributed by atoms with van der Waals surface area (Å²) >= 11 is 0. The summed E-state index contributed by atoms with van der Waals surface area (Å²) in [5.41, 5.74) is 1.90. The summed E-state index contributed by atoms with van der Waals surface area (Å²) in [6.45, 7) is 18.5. The molecule has 8 atom stereocenters. The van der Waals surface area contributed by atoms with Crippen molar-refractivity contribution in [2.75, 3.05) is 41.3 Å². The fraction of sp³-hybridized carbons (Fsp3) is 0.617. The van der Waals surface area contributed by atoms with E-state index in [9.17, 15) is 42.0 Å². The molecule has 2 aliphatic rings. The van der Waals surface area contributed by atoms with Crippen LogP contribution in [-0.4, -0.2) is 179 Å². The van der Waals surface area contributed by atoms with Crippen molar-refractivity contribution in [1.82, 2.24) is 33.7 Å². The van der Waals surface area contributed by atoms with Gasteiger partial charge in [-0.2, -0.15) is 9.40 Å². The number of rotatable bonds is 16. The van der Waals surface area contributed by atoms with E-state index in [0.717, 1.165) is 38.0 Å². The number of cyclic esters (lactones) is 4. The highest BCUT2D eigenvalue weighted by molar-refractivity contribution is 7.89. The quantitative estimate of drug-likeness (QED) is 0.124. The van der Waals surface area contributed by atoms with Gasteiger partial charge in [0.1, 0.15) is 29.1 Å². The summed E-state index contributed by atoms with van der Waals surface area (Å²) in [5, 5.41) is 4.30. The molecule has 0 aliphatic carbocycles. The third-order valence-electron chi connectivity index (χ3n) is 14.8. The average Bonchev–Trinajstić information content (AvgIpc) is 4.31. The van der Waals surface area contributed by atoms with Crippen molar-refractivity contribution < 1.29 is 65.7 Å². The number of carbonyl (C=O) groups is 8. The van der Waals surface area contributed by atoms with E-state index < -0.39 is 106 Å². The Morgan fingerprint density at radius 3 is 1.21 bits per heavy atom. The van der Waals surface area contributed by atoms with Crippen LogP contribution in [0.2, 0.25) is 0 Å². The molecular weight excluding hydrogens is 1070 g/mol. The van der Waals surface area contributed by atoms with Crippen LogP contribution in [0.1, 0.15) is 124 Å². The summed E-state index contributed by atoms with van der Waals surface area (Å²) in [4.78, 5) is 121. The lowest BCUT2D eigenvalue weighted by Gasteiger charge is -2.35. The summed E-state index contributed by atoms with van der Waals surface area (Å²) in [5.74, 6) is -7.64. The Morgan fingerprint density at radius 2 is 0.829 bits per heavy atom. The maximum absolute atomic E-state index is 15.1. The van der Waals surface area contributed by atoms with Crippen molar-refractivity contribution in [1.29, 1.82) is 0 Å². The molecule has 0 radical (unpaired) electrons. The van der Waals surface area contributed by atoms with Gasteiger partial charge >= 0.3 is 23.9 Å². The van der Waals surface area contributed by atoms with Crippen LogP contribution in [-0.2, 0) is 86.7 Å². The number of esters is 4. The van der Waals surface area contributed by atoms with Gasteiger partial charge in [-0.1, -0.05) is 110 Å². The van der Waals surface area contributed by atoms with Crippen LogP contribution in [0, 0.1) is 23.7 Å². The van der Waals surface area contributed by atoms with Crippen molar-refractivity contribution in [3.05, 3.63) is 83.7 Å². The monoisotopic (exact) mass is 1160 g/mol. The standard InChI is InChI=1S/C60H87N7O14S/c1-37(2)28-47-57(72)78-42(10)54(69)63(12)50(31-40(7)8)60(75)81-52(33-44-22-24-45(25-23-44)35-66-36-46(34-61-66)82(76,77)67-26-18-19-27-67)56(71)65(14)48(29-38(3)4)58(73)79-41(9)53(68)62(11)49(30-39(5)6)59(74)80-51(55(70)64(47)13)32-43-20-16-15-17-21-43/h15-17,20-25,34,36-42,47-52H,18-19,26-33,35H2,1-14H3/t41-,42-,47+,48+,49+,50+,51-,52-/m1/s1. The molecule has 452 valence electrons. The van der Waals surface area contributed by atoms with Crippen LogP contribution in [0.5, 0.6) is 0 Å². The molecule has 0 unspecified atom stereocenters. The van der Waals surface area contributed by atoms with Crippen molar-refractivity contribution in [3.63, 3.8) is 0 Å². The van der Waals surface area contributed by atoms with E-state index in [1.54, 1.807) is 54.6 Å². The summed E-state index contributed by atoms with van der Waals surface area (Å²) in [6, 6.07) is 10.6. The first-order valence-corrected chi connectivity index (χ1v) is 30.0. The molecule has 21 nitrogen and oxygen atoms in total. The number of hydrogen-bond acceptors (Lipinski definition) is 15. The zero-order valence-corrected chi connectivity index (χ0v) is 51.1. The predicted octanol–water partition coefficient (Wildman–Crippen LogP) is 5.69. The summed E-state index contributed by atoms with van der Waals surface area (Å²) in [6.07, 6.45) is -1.76. The number of aromatic nitrogens is 2. The Balaban J connectivity index is 1.56. The molecule has 0 saturated carbocycles. The first-order chi connectivity index (χ1) is 38.5. The predicted molar refractivity (Wildman–Crippen MR) is 305 cm³/mol. The van der Waals surface area contributed by atoms with Crippen molar-refractivity contribution >= 4 is 57.5 Å². The van der Waals surface area contributed by atoms with Gasteiger partial charge < -0.3 is 38.5 Å². The van der Waals surface area contributed by atoms with E-state index in [1.807, 2.05) is 55.4 Å². The van der Waals surface area contributed by atoms with Crippen LogP contribution < -0.4 is 0 Å². The van der Waals surface area contributed by atoms with E-state index >= 15 is 4.79 Å². The van der Waals surface area contributed by atoms with Gasteiger partial charge in [0.2, 0.25) is 10.0 Å². The van der Waals surface area contributed by atoms with Crippen molar-refractivity contribution in [2.45, 2.75) is 181 Å². The second-order valence-corrected chi connectivity index (χ2v) is 25.5. The third-order valence-corrected chi connectivity index (χ3v) is 16.7. The highest BCUT2D eigenvalue weighted by atomic mass is 32.2. The topological polar surface area (TPSA) is 242 Å². The number of likely N-dealkylation sites (N-methyl/N-ethyl adjacent to an activating group) is 4. The number of carbonyl (C=O) groups excluding carboxylic acids is 8. The molecule has 22 heteroatoms. The number of nitrogens with zero attached hydrogens (tertiary/aromatic N) is 7. The first-order valence-electron chi connectivity index (χ1n) is 28.5. The Labute approximate surface area is 484 Å². The van der Waals surface area contributed by atoms with Gasteiger partial charge in [0, 0.05) is 60.3 Å². The second-order valence-electron chi connectivity index (χ2n) is 23.6. The smallest absolute Gasteiger partial charge is 0.329 e. The van der Waals surface area contributed by atoms with Crippen LogP contribution >= 0.6 is 0 Å². The van der Waals surface area contributed by atoms with Gasteiger partial charge in [-0.3, -0.25) is 23.9 Å². The van der Waals surface area contributed by atoms with Crippen molar-refractivity contribution in [3.8, 4) is 0 Å². The molecular formula is C60H87N7O14S. The fourth-order valence-corrected chi connectivity index (χ4v) is 11.6. The average molecular weight is 1160 g/mol. The number of hydrogen-bond donors (Lipinski definition) is 0. The minimum absolute atomic E-state index is 0.0527. The number of ether oxygens (including phenoxy) is 4. The molecule has 82 heavy (non-hydrogen) atoms. The SMILES string of the molecule is CC(C)C[C@H]1C(=O)O[C@H](Cc2ccc(Cn3cc(S(=O)(=O)N4CCCC4)cn3)cc2)C(=O)N(C)[C@@H](CC(C)C)C(=O)O[C@H](C)C(=O)N(C)[C@@H](CC(C)C)C(=O)O[C@H](Cc2ccccc2)C(=O)N(C)[C@@H](CC(C)C)C(=O)O[C@H](C)C(=O)N1C. The molecule has 4 amide bonds. The van der Waals surface area contributed by atoms with Crippen LogP contribution in [0.25, 0.3) is 0 Å². The maximum Gasteiger partial charge on any atom is 0.329 e. The summed E-state index contributed by atoms with van der Waals surface area (Å²) < 4.78 is 53.4. The Hall–Kier alpha value is -6.68. The molecule has 0 N–H and O–H groups in total. The molecule has 2 saturated heterocycles. The molecule has 3 aromatic rings. The van der Waals surface area contributed by atoms with Crippen molar-refractivity contribution in [2.24, 2.45) is 23.7 Å². The Morgan fingerprint density at radius 1 is 0.488 bits per heavy atom. The van der Waals surface area contributed by atoms with Gasteiger partial charge in [-0.25, -0.2) is 27.6 Å². The minimum Gasteiger partial charge on any atom is -0.451 e. The van der Waals surface area contributed by atoms with Gasteiger partial charge in [0.15, 0.2) is 24.4 Å². The fourth-order valence-electron chi connectivity index (χ4n) is 10.1. The second kappa shape index (κ2) is 29.5. The van der Waals surface area contributed by atoms with E-state index in [4.69, 9.17) is 18.9 Å². The van der Waals surface area contributed by atoms with Gasteiger partial charge in [0.05, 0.1) is 12.7 Å². The van der Waals surface area contributed by atoms with E-state index in [-0.39, 0.29) is 73.6 Å². The molecule has 0 bridgehead atoms. The van der Waals surface area contributed by atoms with Crippen LogP contribution in [0.15, 0.2) is 71.9 Å². The molecule has 1 aromatic heterocycles. The van der Waals surface area contributed by atoms with Gasteiger partial charge in [-0.15, -0.1) is 0 Å². The van der Waals surface area contributed by atoms with E-state index in [2.05, 4.69) is 5.10 Å². The highest BCUT2D eigenvalue weighted by Gasteiger charge is 2.43. The lowest BCUT2D eigenvalue weighted by molar-refractivity contribution is -0.176. The maximum atomic E-state index is 15.1. The normalized spacial score (nSPS) is 24.4. The zero-order valence-electron chi connectivity index (χ0n) is 50.3. The zero-order chi connectivity index (χ0) is 60.9. The number of sulfonamides is 1. The molecule has 2 aliphatic heterocycles.